The van der Waals surface area contributed by atoms with Crippen LogP contribution in [0.3, 0.4) is 0 Å². The number of aliphatic hydroxyl groups is 5. The van der Waals surface area contributed by atoms with Crippen molar-refractivity contribution in [1.82, 2.24) is 5.32 Å². The van der Waals surface area contributed by atoms with Crippen molar-refractivity contribution in [2.24, 2.45) is 0 Å². The summed E-state index contributed by atoms with van der Waals surface area (Å²) in [6.07, 6.45) is 77.2. The maximum absolute atomic E-state index is 13.0. The highest BCUT2D eigenvalue weighted by Crippen LogP contribution is 2.23. The molecule has 6 N–H and O–H groups in total. The predicted molar refractivity (Wildman–Crippen MR) is 370 cm³/mol. The lowest BCUT2D eigenvalue weighted by Gasteiger charge is -2.40. The van der Waals surface area contributed by atoms with Gasteiger partial charge in [0.2, 0.25) is 5.91 Å². The van der Waals surface area contributed by atoms with E-state index in [0.717, 1.165) is 70.6 Å². The average molecular weight is 1240 g/mol. The van der Waals surface area contributed by atoms with Crippen LogP contribution in [0.1, 0.15) is 367 Å². The highest BCUT2D eigenvalue weighted by Gasteiger charge is 2.44. The Morgan fingerprint density at radius 3 is 1.17 bits per heavy atom. The Bertz CT molecular complexity index is 1600. The number of amides is 1. The van der Waals surface area contributed by atoms with Crippen LogP contribution in [0.5, 0.6) is 0 Å². The Kier molecular flexibility index (Phi) is 62.8. The van der Waals surface area contributed by atoms with Crippen LogP contribution in [0.25, 0.3) is 0 Å². The molecule has 0 aromatic rings. The van der Waals surface area contributed by atoms with E-state index in [0.29, 0.717) is 19.4 Å². The molecule has 11 heteroatoms. The molecule has 0 aliphatic carbocycles. The van der Waals surface area contributed by atoms with E-state index in [1.807, 2.05) is 6.08 Å². The van der Waals surface area contributed by atoms with Gasteiger partial charge in [-0.1, -0.05) is 326 Å². The first-order valence-electron chi connectivity index (χ1n) is 37.9. The van der Waals surface area contributed by atoms with Gasteiger partial charge in [-0.25, -0.2) is 0 Å². The lowest BCUT2D eigenvalue weighted by molar-refractivity contribution is -0.302. The molecule has 0 aromatic heterocycles. The fraction of sp³-hybridized carbons (Fsp3) is 0.870. The quantitative estimate of drug-likeness (QED) is 0.0195. The van der Waals surface area contributed by atoms with Gasteiger partial charge in [-0.2, -0.15) is 0 Å². The molecule has 1 fully saturated rings. The number of carbonyl (C=O) groups is 2. The van der Waals surface area contributed by atoms with Gasteiger partial charge in [-0.05, 0) is 77.0 Å². The topological polar surface area (TPSA) is 175 Å². The van der Waals surface area contributed by atoms with Crippen molar-refractivity contribution in [2.45, 2.75) is 410 Å². The molecule has 0 saturated carbocycles. The molecule has 1 rings (SSSR count). The second-order valence-corrected chi connectivity index (χ2v) is 26.3. The Hall–Kier alpha value is -2.38. The second-order valence-electron chi connectivity index (χ2n) is 26.3. The number of nitrogens with one attached hydrogen (secondary N) is 1. The molecule has 0 spiro atoms. The maximum Gasteiger partial charge on any atom is 0.305 e. The largest absolute Gasteiger partial charge is 0.466 e. The minimum absolute atomic E-state index is 0.0159. The van der Waals surface area contributed by atoms with Gasteiger partial charge in [0.15, 0.2) is 6.29 Å². The lowest BCUT2D eigenvalue weighted by Crippen LogP contribution is -2.60. The Morgan fingerprint density at radius 1 is 0.409 bits per heavy atom. The van der Waals surface area contributed by atoms with E-state index in [-0.39, 0.29) is 18.5 Å². The number of hydrogen-bond acceptors (Lipinski definition) is 10. The van der Waals surface area contributed by atoms with Gasteiger partial charge in [0.1, 0.15) is 24.4 Å². The standard InChI is InChI=1S/C77H143NO10/c1-3-5-7-9-11-13-15-45-49-53-57-61-65-73(82)86-66-62-58-54-50-46-42-40-38-36-34-32-30-28-26-24-22-20-18-16-17-19-21-23-25-27-29-31-33-35-37-39-41-44-48-52-56-60-64-72(81)78-69(68-87-77-76(85)75(84)74(83)71(67-79)88-77)70(80)63-59-55-51-47-43-14-12-10-8-6-4-2/h8,10,16,18,43,47,59,63,69-71,74-77,79-80,83-85H,3-7,9,11-15,17,19-42,44-46,48-58,60-62,64-68H2,1-2H3,(H,78,81)/b10-8+,18-16-,47-43+,63-59+. The van der Waals surface area contributed by atoms with Crippen molar-refractivity contribution in [3.63, 3.8) is 0 Å². The van der Waals surface area contributed by atoms with Gasteiger partial charge >= 0.3 is 5.97 Å². The Labute approximate surface area is 542 Å². The summed E-state index contributed by atoms with van der Waals surface area (Å²) in [5.74, 6) is -0.177. The van der Waals surface area contributed by atoms with E-state index in [9.17, 15) is 35.1 Å². The molecular formula is C77H143NO10. The monoisotopic (exact) mass is 1240 g/mol. The normalized spacial score (nSPS) is 18.0. The summed E-state index contributed by atoms with van der Waals surface area (Å²) in [6.45, 7) is 4.29. The summed E-state index contributed by atoms with van der Waals surface area (Å²) in [5, 5.41) is 54.4. The summed E-state index contributed by atoms with van der Waals surface area (Å²) >= 11 is 0. The summed E-state index contributed by atoms with van der Waals surface area (Å²) in [7, 11) is 0. The number of rotatable bonds is 67. The number of ether oxygens (including phenoxy) is 3. The molecule has 1 aliphatic rings. The molecule has 1 saturated heterocycles. The predicted octanol–water partition coefficient (Wildman–Crippen LogP) is 19.9. The van der Waals surface area contributed by atoms with Gasteiger partial charge in [-0.3, -0.25) is 9.59 Å². The molecule has 0 aromatic carbocycles. The van der Waals surface area contributed by atoms with Gasteiger partial charge in [-0.15, -0.1) is 0 Å². The van der Waals surface area contributed by atoms with Gasteiger partial charge in [0, 0.05) is 12.8 Å². The highest BCUT2D eigenvalue weighted by molar-refractivity contribution is 5.76. The van der Waals surface area contributed by atoms with Crippen LogP contribution in [-0.2, 0) is 23.8 Å². The number of unbranched alkanes of at least 4 members (excludes halogenated alkanes) is 47. The first-order chi connectivity index (χ1) is 43.2. The second kappa shape index (κ2) is 66.1. The Morgan fingerprint density at radius 2 is 0.761 bits per heavy atom. The number of hydrogen-bond donors (Lipinski definition) is 6. The smallest absolute Gasteiger partial charge is 0.305 e. The molecule has 0 bridgehead atoms. The zero-order chi connectivity index (χ0) is 63.7. The van der Waals surface area contributed by atoms with E-state index in [1.165, 1.54) is 270 Å². The number of aliphatic hydroxyl groups excluding tert-OH is 5. The zero-order valence-corrected chi connectivity index (χ0v) is 57.4. The molecule has 516 valence electrons. The molecule has 88 heavy (non-hydrogen) atoms. The minimum Gasteiger partial charge on any atom is -0.466 e. The van der Waals surface area contributed by atoms with Crippen molar-refractivity contribution in [2.75, 3.05) is 19.8 Å². The van der Waals surface area contributed by atoms with E-state index in [4.69, 9.17) is 14.2 Å². The molecule has 0 radical (unpaired) electrons. The van der Waals surface area contributed by atoms with Crippen LogP contribution in [0.4, 0.5) is 0 Å². The number of allylic oxidation sites excluding steroid dienone is 7. The summed E-state index contributed by atoms with van der Waals surface area (Å²) in [5.41, 5.74) is 0. The average Bonchev–Trinajstić information content (AvgIpc) is 2.02. The molecule has 1 aliphatic heterocycles. The minimum atomic E-state index is -1.58. The third-order valence-electron chi connectivity index (χ3n) is 17.9. The third-order valence-corrected chi connectivity index (χ3v) is 17.9. The van der Waals surface area contributed by atoms with Crippen LogP contribution in [0, 0.1) is 0 Å². The molecular weight excluding hydrogens is 1100 g/mol. The summed E-state index contributed by atoms with van der Waals surface area (Å²) in [4.78, 5) is 25.1. The van der Waals surface area contributed by atoms with E-state index in [1.54, 1.807) is 6.08 Å². The van der Waals surface area contributed by atoms with Crippen LogP contribution in [0.2, 0.25) is 0 Å². The lowest BCUT2D eigenvalue weighted by atomic mass is 9.99. The van der Waals surface area contributed by atoms with E-state index in [2.05, 4.69) is 55.6 Å². The van der Waals surface area contributed by atoms with Crippen molar-refractivity contribution < 1.29 is 49.3 Å². The number of esters is 1. The first kappa shape index (κ1) is 83.6. The van der Waals surface area contributed by atoms with Gasteiger partial charge in [0.25, 0.3) is 0 Å². The third kappa shape index (κ3) is 54.2. The fourth-order valence-corrected chi connectivity index (χ4v) is 11.9. The van der Waals surface area contributed by atoms with Crippen molar-refractivity contribution in [3.8, 4) is 0 Å². The summed E-state index contributed by atoms with van der Waals surface area (Å²) in [6, 6.07) is -0.831. The SMILES string of the molecule is CCC/C=C/CC/C=C/CC/C=C/C(O)C(COC1OC(CO)C(O)C(O)C1O)NC(=O)CCCCCCCCCCCCCCCCCCC/C=C\CCCCCCCCCCCCCCCCCCOC(=O)CCCCCCCCCCCCCC. The van der Waals surface area contributed by atoms with E-state index < -0.39 is 49.5 Å². The molecule has 1 heterocycles. The van der Waals surface area contributed by atoms with Crippen LogP contribution >= 0.6 is 0 Å². The van der Waals surface area contributed by atoms with Gasteiger partial charge in [0.05, 0.1) is 32.0 Å². The molecule has 1 amide bonds. The van der Waals surface area contributed by atoms with Crippen LogP contribution in [-0.4, -0.2) is 100 Å². The summed E-state index contributed by atoms with van der Waals surface area (Å²) < 4.78 is 16.7. The van der Waals surface area contributed by atoms with Gasteiger partial charge < -0.3 is 45.1 Å². The highest BCUT2D eigenvalue weighted by atomic mass is 16.7. The Balaban J connectivity index is 1.90. The fourth-order valence-electron chi connectivity index (χ4n) is 11.9. The first-order valence-corrected chi connectivity index (χ1v) is 37.9. The zero-order valence-electron chi connectivity index (χ0n) is 57.4. The van der Waals surface area contributed by atoms with E-state index >= 15 is 0 Å². The molecule has 7 atom stereocenters. The maximum atomic E-state index is 13.0. The number of carbonyl (C=O) groups excluding carboxylic acids is 2. The van der Waals surface area contributed by atoms with Crippen molar-refractivity contribution >= 4 is 11.9 Å². The van der Waals surface area contributed by atoms with Crippen molar-refractivity contribution in [1.29, 1.82) is 0 Å². The molecule has 7 unspecified atom stereocenters. The van der Waals surface area contributed by atoms with Crippen molar-refractivity contribution in [3.05, 3.63) is 48.6 Å². The van der Waals surface area contributed by atoms with Crippen LogP contribution < -0.4 is 5.32 Å². The van der Waals surface area contributed by atoms with Crippen LogP contribution in [0.15, 0.2) is 48.6 Å². The molecule has 11 nitrogen and oxygen atoms in total.